The monoisotopic (exact) mass is 306 g/mol. The van der Waals surface area contributed by atoms with E-state index in [0.717, 1.165) is 0 Å². The van der Waals surface area contributed by atoms with Gasteiger partial charge in [0.1, 0.15) is 5.69 Å². The first-order chi connectivity index (χ1) is 7.87. The summed E-state index contributed by atoms with van der Waals surface area (Å²) in [6.45, 7) is 0. The van der Waals surface area contributed by atoms with Crippen molar-refractivity contribution in [1.82, 2.24) is 0 Å². The van der Waals surface area contributed by atoms with E-state index in [4.69, 9.17) is 0 Å². The predicted molar refractivity (Wildman–Crippen MR) is 62.4 cm³/mol. The lowest BCUT2D eigenvalue weighted by atomic mass is 9.88. The van der Waals surface area contributed by atoms with E-state index in [2.05, 4.69) is 21.2 Å². The van der Waals surface area contributed by atoms with Crippen molar-refractivity contribution < 1.29 is 13.7 Å². The first kappa shape index (κ1) is 12.2. The molecule has 1 aliphatic carbocycles. The summed E-state index contributed by atoms with van der Waals surface area (Å²) in [5.74, 6) is -2.64. The fourth-order valence-corrected chi connectivity index (χ4v) is 2.13. The molecule has 0 saturated heterocycles. The second-order valence-electron chi connectivity index (χ2n) is 4.02. The van der Waals surface area contributed by atoms with E-state index in [1.54, 1.807) is 6.07 Å². The number of benzene rings is 1. The van der Waals surface area contributed by atoms with Crippen LogP contribution in [0.4, 0.5) is 20.2 Å². The lowest BCUT2D eigenvalue weighted by molar-refractivity contribution is -0.384. The Labute approximate surface area is 104 Å². The van der Waals surface area contributed by atoms with Crippen molar-refractivity contribution in [2.24, 2.45) is 0 Å². The Hall–Kier alpha value is -1.24. The molecule has 0 bridgehead atoms. The summed E-state index contributed by atoms with van der Waals surface area (Å²) in [6, 6.07) is 3.99. The van der Waals surface area contributed by atoms with Crippen molar-refractivity contribution in [3.05, 3.63) is 32.8 Å². The molecule has 0 aliphatic heterocycles. The van der Waals surface area contributed by atoms with Gasteiger partial charge in [0.15, 0.2) is 0 Å². The molecule has 0 atom stereocenters. The number of alkyl halides is 2. The molecule has 1 fully saturated rings. The summed E-state index contributed by atoms with van der Waals surface area (Å²) in [5.41, 5.74) is 0.160. The molecule has 0 radical (unpaired) electrons. The van der Waals surface area contributed by atoms with Crippen LogP contribution in [-0.2, 0) is 0 Å². The van der Waals surface area contributed by atoms with E-state index in [1.807, 2.05) is 0 Å². The van der Waals surface area contributed by atoms with Crippen molar-refractivity contribution in [3.8, 4) is 0 Å². The standard InChI is InChI=1S/C10H9BrF2N2O2/c11-6-1-2-9(15(16)17)8(3-6)14-7-4-10(12,13)5-7/h1-3,7,14H,4-5H2. The first-order valence-electron chi connectivity index (χ1n) is 4.96. The smallest absolute Gasteiger partial charge is 0.292 e. The third kappa shape index (κ3) is 2.71. The van der Waals surface area contributed by atoms with Gasteiger partial charge in [0.25, 0.3) is 11.6 Å². The number of hydrogen-bond donors (Lipinski definition) is 1. The highest BCUT2D eigenvalue weighted by Crippen LogP contribution is 2.40. The maximum Gasteiger partial charge on any atom is 0.292 e. The number of nitro groups is 1. The fourth-order valence-electron chi connectivity index (χ4n) is 1.77. The van der Waals surface area contributed by atoms with Crippen LogP contribution in [-0.4, -0.2) is 16.9 Å². The third-order valence-corrected chi connectivity index (χ3v) is 3.10. The van der Waals surface area contributed by atoms with Crippen LogP contribution in [0, 0.1) is 10.1 Å². The van der Waals surface area contributed by atoms with Crippen molar-refractivity contribution in [1.29, 1.82) is 0 Å². The van der Waals surface area contributed by atoms with Crippen LogP contribution in [0.5, 0.6) is 0 Å². The molecule has 0 aromatic heterocycles. The van der Waals surface area contributed by atoms with Gasteiger partial charge < -0.3 is 5.32 Å². The lowest BCUT2D eigenvalue weighted by Crippen LogP contribution is -2.44. The molecule has 4 nitrogen and oxygen atoms in total. The second kappa shape index (κ2) is 4.21. The molecule has 2 rings (SSSR count). The number of nitrogens with one attached hydrogen (secondary N) is 1. The van der Waals surface area contributed by atoms with Gasteiger partial charge in [-0.15, -0.1) is 0 Å². The number of rotatable bonds is 3. The molecule has 0 heterocycles. The SMILES string of the molecule is O=[N+]([O-])c1ccc(Br)cc1NC1CC(F)(F)C1. The first-order valence-corrected chi connectivity index (χ1v) is 5.75. The molecule has 0 amide bonds. The van der Waals surface area contributed by atoms with E-state index >= 15 is 0 Å². The van der Waals surface area contributed by atoms with Gasteiger partial charge in [-0.2, -0.15) is 0 Å². The average molecular weight is 307 g/mol. The highest BCUT2D eigenvalue weighted by molar-refractivity contribution is 9.10. The Kier molecular flexibility index (Phi) is 3.03. The van der Waals surface area contributed by atoms with Crippen LogP contribution in [0.2, 0.25) is 0 Å². The summed E-state index contributed by atoms with van der Waals surface area (Å²) in [7, 11) is 0. The number of halogens is 3. The minimum atomic E-state index is -2.64. The molecule has 1 aromatic rings. The Morgan fingerprint density at radius 2 is 2.12 bits per heavy atom. The molecule has 1 saturated carbocycles. The van der Waals surface area contributed by atoms with Gasteiger partial charge in [-0.3, -0.25) is 10.1 Å². The average Bonchev–Trinajstić information content (AvgIpc) is 2.14. The number of anilines is 1. The molecular formula is C10H9BrF2N2O2. The minimum absolute atomic E-state index is 0.108. The zero-order valence-corrected chi connectivity index (χ0v) is 10.2. The van der Waals surface area contributed by atoms with Crippen LogP contribution in [0.1, 0.15) is 12.8 Å². The summed E-state index contributed by atoms with van der Waals surface area (Å²) >= 11 is 3.19. The molecule has 0 spiro atoms. The lowest BCUT2D eigenvalue weighted by Gasteiger charge is -2.35. The maximum absolute atomic E-state index is 12.6. The third-order valence-electron chi connectivity index (χ3n) is 2.61. The van der Waals surface area contributed by atoms with Crippen molar-refractivity contribution in [2.45, 2.75) is 24.8 Å². The Bertz CT molecular complexity index is 460. The van der Waals surface area contributed by atoms with Gasteiger partial charge in [0.2, 0.25) is 0 Å². The zero-order valence-electron chi connectivity index (χ0n) is 8.62. The van der Waals surface area contributed by atoms with E-state index < -0.39 is 16.9 Å². The number of nitrogens with zero attached hydrogens (tertiary/aromatic N) is 1. The van der Waals surface area contributed by atoms with Gasteiger partial charge in [-0.1, -0.05) is 15.9 Å². The van der Waals surface area contributed by atoms with E-state index in [1.165, 1.54) is 12.1 Å². The van der Waals surface area contributed by atoms with Gasteiger partial charge in [-0.25, -0.2) is 8.78 Å². The Balaban J connectivity index is 2.15. The van der Waals surface area contributed by atoms with E-state index in [-0.39, 0.29) is 24.2 Å². The largest absolute Gasteiger partial charge is 0.376 e. The minimum Gasteiger partial charge on any atom is -0.376 e. The van der Waals surface area contributed by atoms with E-state index in [0.29, 0.717) is 4.47 Å². The Morgan fingerprint density at radius 1 is 1.47 bits per heavy atom. The van der Waals surface area contributed by atoms with Gasteiger partial charge in [0, 0.05) is 29.4 Å². The van der Waals surface area contributed by atoms with Crippen molar-refractivity contribution >= 4 is 27.3 Å². The van der Waals surface area contributed by atoms with Crippen LogP contribution in [0.15, 0.2) is 22.7 Å². The predicted octanol–water partition coefficient (Wildman–Crippen LogP) is 3.57. The van der Waals surface area contributed by atoms with Crippen molar-refractivity contribution in [2.75, 3.05) is 5.32 Å². The summed E-state index contributed by atoms with van der Waals surface area (Å²) < 4.78 is 26.0. The van der Waals surface area contributed by atoms with Crippen LogP contribution < -0.4 is 5.32 Å². The topological polar surface area (TPSA) is 55.2 Å². The summed E-state index contributed by atoms with van der Waals surface area (Å²) in [4.78, 5) is 10.2. The molecule has 1 aliphatic rings. The molecule has 17 heavy (non-hydrogen) atoms. The van der Waals surface area contributed by atoms with E-state index in [9.17, 15) is 18.9 Å². The molecule has 7 heteroatoms. The van der Waals surface area contributed by atoms with Gasteiger partial charge in [0.05, 0.1) is 4.92 Å². The van der Waals surface area contributed by atoms with Gasteiger partial charge in [-0.05, 0) is 12.1 Å². The van der Waals surface area contributed by atoms with Crippen molar-refractivity contribution in [3.63, 3.8) is 0 Å². The summed E-state index contributed by atoms with van der Waals surface area (Å²) in [6.07, 6.45) is -0.562. The number of hydrogen-bond acceptors (Lipinski definition) is 3. The number of nitro benzene ring substituents is 1. The molecule has 0 unspecified atom stereocenters. The zero-order chi connectivity index (χ0) is 12.6. The maximum atomic E-state index is 12.6. The quantitative estimate of drug-likeness (QED) is 0.686. The summed E-state index contributed by atoms with van der Waals surface area (Å²) in [5, 5.41) is 13.5. The van der Waals surface area contributed by atoms with Gasteiger partial charge >= 0.3 is 0 Å². The Morgan fingerprint density at radius 3 is 2.65 bits per heavy atom. The molecular weight excluding hydrogens is 298 g/mol. The molecule has 1 N–H and O–H groups in total. The highest BCUT2D eigenvalue weighted by atomic mass is 79.9. The van der Waals surface area contributed by atoms with Crippen LogP contribution in [0.25, 0.3) is 0 Å². The fraction of sp³-hybridized carbons (Fsp3) is 0.400. The van der Waals surface area contributed by atoms with Crippen LogP contribution in [0.3, 0.4) is 0 Å². The molecule has 1 aromatic carbocycles. The second-order valence-corrected chi connectivity index (χ2v) is 4.94. The highest BCUT2D eigenvalue weighted by Gasteiger charge is 2.45. The normalized spacial score (nSPS) is 18.5. The molecule has 92 valence electrons. The van der Waals surface area contributed by atoms with Crippen LogP contribution >= 0.6 is 15.9 Å².